The second kappa shape index (κ2) is 9.05. The summed E-state index contributed by atoms with van der Waals surface area (Å²) in [5.74, 6) is -2.32. The number of carbonyl (C=O) groups excluding carboxylic acids is 2. The summed E-state index contributed by atoms with van der Waals surface area (Å²) >= 11 is 0. The van der Waals surface area contributed by atoms with Crippen LogP contribution in [0.5, 0.6) is 0 Å². The molecule has 0 saturated carbocycles. The van der Waals surface area contributed by atoms with Crippen molar-refractivity contribution in [2.24, 2.45) is 5.92 Å². The highest BCUT2D eigenvalue weighted by Crippen LogP contribution is 2.16. The van der Waals surface area contributed by atoms with Gasteiger partial charge in [0.2, 0.25) is 5.60 Å². The van der Waals surface area contributed by atoms with E-state index in [1.807, 2.05) is 37.3 Å². The van der Waals surface area contributed by atoms with Gasteiger partial charge in [-0.1, -0.05) is 50.6 Å². The molecular weight excluding hydrogens is 326 g/mol. The van der Waals surface area contributed by atoms with Crippen molar-refractivity contribution in [2.45, 2.75) is 52.4 Å². The first-order chi connectivity index (χ1) is 11.7. The summed E-state index contributed by atoms with van der Waals surface area (Å²) in [6.07, 6.45) is -0.175. The average molecular weight is 351 g/mol. The molecule has 0 bridgehead atoms. The minimum absolute atomic E-state index is 0.0650. The van der Waals surface area contributed by atoms with E-state index in [-0.39, 0.29) is 12.5 Å². The Balaban J connectivity index is 2.70. The number of hydrogen-bond donors (Lipinski definition) is 2. The average Bonchev–Trinajstić information content (AvgIpc) is 2.57. The summed E-state index contributed by atoms with van der Waals surface area (Å²) < 4.78 is 10.1. The third-order valence-electron chi connectivity index (χ3n) is 3.82. The van der Waals surface area contributed by atoms with Gasteiger partial charge in [-0.2, -0.15) is 0 Å². The Hall–Kier alpha value is -2.57. The number of amides is 1. The highest BCUT2D eigenvalue weighted by atomic mass is 16.6. The molecule has 7 nitrogen and oxygen atoms in total. The van der Waals surface area contributed by atoms with Crippen LogP contribution < -0.4 is 5.32 Å². The fourth-order valence-electron chi connectivity index (χ4n) is 1.92. The van der Waals surface area contributed by atoms with Crippen LogP contribution in [0.4, 0.5) is 4.79 Å². The van der Waals surface area contributed by atoms with Gasteiger partial charge in [0.15, 0.2) is 0 Å². The van der Waals surface area contributed by atoms with Crippen LogP contribution in [0.2, 0.25) is 0 Å². The van der Waals surface area contributed by atoms with E-state index >= 15 is 0 Å². The summed E-state index contributed by atoms with van der Waals surface area (Å²) in [4.78, 5) is 35.4. The standard InChI is InChI=1S/C18H25NO6/c1-5-12(2)14(15(20)25-18(3,4)16(21)22)19-17(23)24-11-13-9-7-6-8-10-13/h6-10,12,14H,5,11H2,1-4H3,(H,19,23)(H,21,22)/t12?,14-/m0/s1. The van der Waals surface area contributed by atoms with Gasteiger partial charge in [0.05, 0.1) is 0 Å². The van der Waals surface area contributed by atoms with Gasteiger partial charge < -0.3 is 19.9 Å². The molecule has 0 heterocycles. The van der Waals surface area contributed by atoms with Gasteiger partial charge in [0.25, 0.3) is 0 Å². The smallest absolute Gasteiger partial charge is 0.408 e. The SMILES string of the molecule is CCC(C)[C@H](NC(=O)OCc1ccccc1)C(=O)OC(C)(C)C(=O)O. The van der Waals surface area contributed by atoms with Crippen molar-refractivity contribution in [2.75, 3.05) is 0 Å². The zero-order chi connectivity index (χ0) is 19.0. The maximum atomic E-state index is 12.3. The normalized spacial score (nSPS) is 13.4. The number of carbonyl (C=O) groups is 3. The number of hydrogen-bond acceptors (Lipinski definition) is 5. The van der Waals surface area contributed by atoms with Crippen LogP contribution in [-0.4, -0.2) is 34.8 Å². The second-order valence-corrected chi connectivity index (χ2v) is 6.31. The molecule has 0 spiro atoms. The van der Waals surface area contributed by atoms with Gasteiger partial charge >= 0.3 is 18.0 Å². The van der Waals surface area contributed by atoms with Crippen LogP contribution in [0.15, 0.2) is 30.3 Å². The number of nitrogens with one attached hydrogen (secondary N) is 1. The highest BCUT2D eigenvalue weighted by Gasteiger charge is 2.36. The monoisotopic (exact) mass is 351 g/mol. The molecule has 2 N–H and O–H groups in total. The lowest BCUT2D eigenvalue weighted by atomic mass is 9.99. The topological polar surface area (TPSA) is 102 Å². The number of carboxylic acids is 1. The van der Waals surface area contributed by atoms with Gasteiger partial charge in [-0.05, 0) is 25.3 Å². The van der Waals surface area contributed by atoms with Crippen molar-refractivity contribution in [1.29, 1.82) is 0 Å². The maximum Gasteiger partial charge on any atom is 0.408 e. The quantitative estimate of drug-likeness (QED) is 0.698. The van der Waals surface area contributed by atoms with Gasteiger partial charge in [0, 0.05) is 0 Å². The third kappa shape index (κ3) is 6.45. The molecule has 138 valence electrons. The van der Waals surface area contributed by atoms with Crippen molar-refractivity contribution in [3.63, 3.8) is 0 Å². The van der Waals surface area contributed by atoms with Gasteiger partial charge in [0.1, 0.15) is 12.6 Å². The molecule has 1 rings (SSSR count). The number of ether oxygens (including phenoxy) is 2. The van der Waals surface area contributed by atoms with E-state index in [4.69, 9.17) is 14.6 Å². The van der Waals surface area contributed by atoms with E-state index in [0.29, 0.717) is 6.42 Å². The Bertz CT molecular complexity index is 599. The first-order valence-corrected chi connectivity index (χ1v) is 8.10. The van der Waals surface area contributed by atoms with Gasteiger partial charge in [-0.25, -0.2) is 14.4 Å². The number of benzene rings is 1. The van der Waals surface area contributed by atoms with E-state index in [0.717, 1.165) is 5.56 Å². The molecule has 0 aliphatic heterocycles. The Kier molecular flexibility index (Phi) is 7.42. The minimum atomic E-state index is -1.68. The molecular formula is C18H25NO6. The summed E-state index contributed by atoms with van der Waals surface area (Å²) in [5.41, 5.74) is -0.870. The van der Waals surface area contributed by atoms with Crippen LogP contribution in [0.1, 0.15) is 39.7 Å². The molecule has 0 fully saturated rings. The van der Waals surface area contributed by atoms with E-state index in [1.54, 1.807) is 6.92 Å². The summed E-state index contributed by atoms with van der Waals surface area (Å²) in [5, 5.41) is 11.5. The zero-order valence-electron chi connectivity index (χ0n) is 14.9. The lowest BCUT2D eigenvalue weighted by molar-refractivity contribution is -0.176. The number of alkyl carbamates (subject to hydrolysis) is 1. The molecule has 0 aliphatic carbocycles. The molecule has 25 heavy (non-hydrogen) atoms. The lowest BCUT2D eigenvalue weighted by Gasteiger charge is -2.27. The van der Waals surface area contributed by atoms with E-state index in [1.165, 1.54) is 13.8 Å². The van der Waals surface area contributed by atoms with Crippen molar-refractivity contribution in [3.05, 3.63) is 35.9 Å². The van der Waals surface area contributed by atoms with Crippen LogP contribution in [0.3, 0.4) is 0 Å². The van der Waals surface area contributed by atoms with Crippen LogP contribution in [0.25, 0.3) is 0 Å². The molecule has 0 aromatic heterocycles. The summed E-state index contributed by atoms with van der Waals surface area (Å²) in [6.45, 7) is 6.22. The van der Waals surface area contributed by atoms with Crippen molar-refractivity contribution in [3.8, 4) is 0 Å². The number of esters is 1. The number of aliphatic carboxylic acids is 1. The first-order valence-electron chi connectivity index (χ1n) is 8.10. The summed E-state index contributed by atoms with van der Waals surface area (Å²) in [6, 6.07) is 8.12. The molecule has 1 aromatic rings. The van der Waals surface area contributed by atoms with Gasteiger partial charge in [-0.15, -0.1) is 0 Å². The van der Waals surface area contributed by atoms with Gasteiger partial charge in [-0.3, -0.25) is 0 Å². The van der Waals surface area contributed by atoms with E-state index in [9.17, 15) is 14.4 Å². The Morgan fingerprint density at radius 2 is 1.80 bits per heavy atom. The number of rotatable bonds is 8. The molecule has 0 saturated heterocycles. The fraction of sp³-hybridized carbons (Fsp3) is 0.500. The van der Waals surface area contributed by atoms with Crippen LogP contribution in [-0.2, 0) is 25.7 Å². The minimum Gasteiger partial charge on any atom is -0.478 e. The van der Waals surface area contributed by atoms with Crippen molar-refractivity contribution in [1.82, 2.24) is 5.32 Å². The van der Waals surface area contributed by atoms with Crippen LogP contribution in [0, 0.1) is 5.92 Å². The molecule has 1 amide bonds. The van der Waals surface area contributed by atoms with Crippen molar-refractivity contribution < 1.29 is 29.0 Å². The Morgan fingerprint density at radius 3 is 2.32 bits per heavy atom. The first kappa shape index (κ1) is 20.5. The summed E-state index contributed by atoms with van der Waals surface area (Å²) in [7, 11) is 0. The fourth-order valence-corrected chi connectivity index (χ4v) is 1.92. The Morgan fingerprint density at radius 1 is 1.20 bits per heavy atom. The number of carboxylic acid groups (broad SMARTS) is 1. The molecule has 1 aromatic carbocycles. The largest absolute Gasteiger partial charge is 0.478 e. The second-order valence-electron chi connectivity index (χ2n) is 6.31. The maximum absolute atomic E-state index is 12.3. The third-order valence-corrected chi connectivity index (χ3v) is 3.82. The molecule has 7 heteroatoms. The molecule has 0 aliphatic rings. The lowest BCUT2D eigenvalue weighted by Crippen LogP contribution is -2.49. The molecule has 0 radical (unpaired) electrons. The predicted octanol–water partition coefficient (Wildman–Crippen LogP) is 2.73. The van der Waals surface area contributed by atoms with Crippen LogP contribution >= 0.6 is 0 Å². The molecule has 2 atom stereocenters. The zero-order valence-corrected chi connectivity index (χ0v) is 14.9. The van der Waals surface area contributed by atoms with E-state index < -0.39 is 29.7 Å². The van der Waals surface area contributed by atoms with Crippen molar-refractivity contribution >= 4 is 18.0 Å². The predicted molar refractivity (Wildman–Crippen MR) is 90.8 cm³/mol. The van der Waals surface area contributed by atoms with E-state index in [2.05, 4.69) is 5.32 Å². The highest BCUT2D eigenvalue weighted by molar-refractivity contribution is 5.85. The Labute approximate surface area is 147 Å². The molecule has 1 unspecified atom stereocenters.